The van der Waals surface area contributed by atoms with Crippen LogP contribution in [0, 0.1) is 0 Å². The number of allylic oxidation sites excluding steroid dienone is 1. The van der Waals surface area contributed by atoms with Gasteiger partial charge in [-0.15, -0.1) is 0 Å². The van der Waals surface area contributed by atoms with Crippen molar-refractivity contribution in [3.05, 3.63) is 82.1 Å². The number of benzene rings is 2. The molecule has 40 heavy (non-hydrogen) atoms. The maximum Gasteiger partial charge on any atom is 0.416 e. The van der Waals surface area contributed by atoms with Gasteiger partial charge < -0.3 is 19.9 Å². The highest BCUT2D eigenvalue weighted by atomic mass is 19.4. The molecule has 4 rings (SSSR count). The molecule has 1 fully saturated rings. The number of halogens is 3. The largest absolute Gasteiger partial charge is 0.463 e. The van der Waals surface area contributed by atoms with Crippen molar-refractivity contribution in [2.75, 3.05) is 32.8 Å². The van der Waals surface area contributed by atoms with Gasteiger partial charge in [-0.2, -0.15) is 13.2 Å². The molecule has 1 N–H and O–H groups in total. The van der Waals surface area contributed by atoms with Crippen LogP contribution in [-0.4, -0.2) is 60.4 Å². The van der Waals surface area contributed by atoms with E-state index in [1.54, 1.807) is 38.1 Å². The molecule has 2 amide bonds. The average Bonchev–Trinajstić information content (AvgIpc) is 3.44. The maximum atomic E-state index is 13.2. The first-order valence-corrected chi connectivity index (χ1v) is 13.5. The summed E-state index contributed by atoms with van der Waals surface area (Å²) in [5.74, 6) is -1.76. The zero-order valence-corrected chi connectivity index (χ0v) is 22.7. The molecule has 2 aromatic carbocycles. The number of nitrogens with one attached hydrogen (secondary N) is 1. The number of likely N-dealkylation sites (tertiary alicyclic amines) is 1. The monoisotopic (exact) mass is 557 g/mol. The molecule has 10 heteroatoms. The van der Waals surface area contributed by atoms with Gasteiger partial charge in [0.25, 0.3) is 5.91 Å². The van der Waals surface area contributed by atoms with Crippen LogP contribution < -0.4 is 5.32 Å². The van der Waals surface area contributed by atoms with Gasteiger partial charge >= 0.3 is 12.1 Å². The number of amides is 2. The molecule has 0 bridgehead atoms. The van der Waals surface area contributed by atoms with Crippen molar-refractivity contribution in [3.63, 3.8) is 0 Å². The van der Waals surface area contributed by atoms with Crippen molar-refractivity contribution in [3.8, 4) is 0 Å². The van der Waals surface area contributed by atoms with E-state index in [9.17, 15) is 27.6 Å². The number of hydrogen-bond acceptors (Lipinski definition) is 5. The summed E-state index contributed by atoms with van der Waals surface area (Å²) in [7, 11) is 0. The smallest absolute Gasteiger partial charge is 0.416 e. The Morgan fingerprint density at radius 2 is 1.68 bits per heavy atom. The van der Waals surface area contributed by atoms with E-state index in [2.05, 4.69) is 10.2 Å². The van der Waals surface area contributed by atoms with E-state index in [4.69, 9.17) is 4.74 Å². The summed E-state index contributed by atoms with van der Waals surface area (Å²) in [6.45, 7) is 7.12. The molecular weight excluding hydrogens is 523 g/mol. The van der Waals surface area contributed by atoms with Crippen LogP contribution in [0.1, 0.15) is 66.1 Å². The normalized spacial score (nSPS) is 18.3. The molecule has 0 saturated carbocycles. The third-order valence-electron chi connectivity index (χ3n) is 7.43. The molecule has 2 aromatic rings. The Hall–Kier alpha value is -3.66. The fourth-order valence-electron chi connectivity index (χ4n) is 5.25. The summed E-state index contributed by atoms with van der Waals surface area (Å²) >= 11 is 0. The van der Waals surface area contributed by atoms with Gasteiger partial charge in [0, 0.05) is 36.7 Å². The van der Waals surface area contributed by atoms with Crippen molar-refractivity contribution >= 4 is 17.8 Å². The summed E-state index contributed by atoms with van der Waals surface area (Å²) in [5.41, 5.74) is 1.54. The summed E-state index contributed by atoms with van der Waals surface area (Å²) in [6, 6.07) is 11.4. The Labute approximate surface area is 232 Å². The highest BCUT2D eigenvalue weighted by Gasteiger charge is 2.37. The number of alkyl halides is 3. The molecule has 0 aliphatic carbocycles. The van der Waals surface area contributed by atoms with Crippen LogP contribution >= 0.6 is 0 Å². The Balaban J connectivity index is 1.49. The first-order valence-electron chi connectivity index (χ1n) is 13.5. The summed E-state index contributed by atoms with van der Waals surface area (Å²) in [6.07, 6.45) is -2.19. The topological polar surface area (TPSA) is 79.0 Å². The summed E-state index contributed by atoms with van der Waals surface area (Å²) in [4.78, 5) is 42.5. The van der Waals surface area contributed by atoms with Crippen LogP contribution in [0.3, 0.4) is 0 Å². The van der Waals surface area contributed by atoms with Crippen molar-refractivity contribution < 1.29 is 32.3 Å². The van der Waals surface area contributed by atoms with E-state index >= 15 is 0 Å². The zero-order valence-electron chi connectivity index (χ0n) is 22.7. The third kappa shape index (κ3) is 6.91. The quantitative estimate of drug-likeness (QED) is 0.445. The second-order valence-electron chi connectivity index (χ2n) is 10.1. The Bertz CT molecular complexity index is 1250. The molecule has 0 radical (unpaired) electrons. The van der Waals surface area contributed by atoms with Crippen LogP contribution in [0.2, 0.25) is 0 Å². The Kier molecular flexibility index (Phi) is 9.29. The van der Waals surface area contributed by atoms with Gasteiger partial charge in [0.15, 0.2) is 0 Å². The molecule has 0 aromatic heterocycles. The minimum Gasteiger partial charge on any atom is -0.463 e. The van der Waals surface area contributed by atoms with Crippen LogP contribution in [0.4, 0.5) is 13.2 Å². The average molecular weight is 558 g/mol. The lowest BCUT2D eigenvalue weighted by Gasteiger charge is -2.34. The summed E-state index contributed by atoms with van der Waals surface area (Å²) in [5, 5.41) is 2.94. The molecule has 214 valence electrons. The summed E-state index contributed by atoms with van der Waals surface area (Å²) < 4.78 is 44.4. The SMILES string of the molecule is CCOC(=O)C1=C(C)N(Cc2ccc(C(=O)NCCN3CCCC3)cc2)C(=O)CC1c1ccc(C(F)(F)F)cc1. The first kappa shape index (κ1) is 29.3. The molecule has 2 aliphatic rings. The lowest BCUT2D eigenvalue weighted by molar-refractivity contribution is -0.140. The van der Waals surface area contributed by atoms with E-state index < -0.39 is 23.6 Å². The van der Waals surface area contributed by atoms with Gasteiger partial charge in [-0.1, -0.05) is 24.3 Å². The Morgan fingerprint density at radius 1 is 1.02 bits per heavy atom. The first-order chi connectivity index (χ1) is 19.1. The van der Waals surface area contributed by atoms with Crippen LogP contribution in [0.5, 0.6) is 0 Å². The number of esters is 1. The van der Waals surface area contributed by atoms with E-state index in [1.807, 2.05) is 0 Å². The standard InChI is InChI=1S/C30H34F3N3O4/c1-3-40-29(39)27-20(2)36(26(37)18-25(27)22-10-12-24(13-11-22)30(31,32)33)19-21-6-8-23(9-7-21)28(38)34-14-17-35-15-4-5-16-35/h6-13,25H,3-5,14-19H2,1-2H3,(H,34,38). The van der Waals surface area contributed by atoms with E-state index in [0.29, 0.717) is 23.4 Å². The fourth-order valence-corrected chi connectivity index (χ4v) is 5.25. The molecule has 2 aliphatic heterocycles. The number of nitrogens with zero attached hydrogens (tertiary/aromatic N) is 2. The highest BCUT2D eigenvalue weighted by molar-refractivity contribution is 5.96. The molecule has 7 nitrogen and oxygen atoms in total. The lowest BCUT2D eigenvalue weighted by atomic mass is 9.83. The molecule has 2 heterocycles. The highest BCUT2D eigenvalue weighted by Crippen LogP contribution is 2.39. The number of ether oxygens (including phenoxy) is 1. The van der Waals surface area contributed by atoms with Gasteiger partial charge in [0.1, 0.15) is 0 Å². The Morgan fingerprint density at radius 3 is 2.27 bits per heavy atom. The molecule has 0 spiro atoms. The number of rotatable bonds is 9. The van der Waals surface area contributed by atoms with Crippen molar-refractivity contribution in [2.24, 2.45) is 0 Å². The molecular formula is C30H34F3N3O4. The third-order valence-corrected chi connectivity index (χ3v) is 7.43. The van der Waals surface area contributed by atoms with E-state index in [1.165, 1.54) is 29.9 Å². The number of hydrogen-bond donors (Lipinski definition) is 1. The van der Waals surface area contributed by atoms with Crippen molar-refractivity contribution in [1.82, 2.24) is 15.1 Å². The van der Waals surface area contributed by atoms with Crippen molar-refractivity contribution in [2.45, 2.75) is 51.7 Å². The van der Waals surface area contributed by atoms with Gasteiger partial charge in [0.05, 0.1) is 24.3 Å². The minimum absolute atomic E-state index is 0.0889. The van der Waals surface area contributed by atoms with Crippen LogP contribution in [-0.2, 0) is 27.0 Å². The predicted octanol–water partition coefficient (Wildman–Crippen LogP) is 4.88. The second-order valence-corrected chi connectivity index (χ2v) is 10.1. The van der Waals surface area contributed by atoms with Gasteiger partial charge in [-0.25, -0.2) is 4.79 Å². The van der Waals surface area contributed by atoms with Crippen LogP contribution in [0.15, 0.2) is 59.8 Å². The number of carbonyl (C=O) groups is 3. The fraction of sp³-hybridized carbons (Fsp3) is 0.433. The van der Waals surface area contributed by atoms with Gasteiger partial charge in [-0.3, -0.25) is 9.59 Å². The van der Waals surface area contributed by atoms with Crippen LogP contribution in [0.25, 0.3) is 0 Å². The molecule has 1 unspecified atom stereocenters. The van der Waals surface area contributed by atoms with E-state index in [-0.39, 0.29) is 37.0 Å². The van der Waals surface area contributed by atoms with Gasteiger partial charge in [0.2, 0.25) is 5.91 Å². The predicted molar refractivity (Wildman–Crippen MR) is 143 cm³/mol. The van der Waals surface area contributed by atoms with E-state index in [0.717, 1.165) is 37.3 Å². The number of carbonyl (C=O) groups excluding carboxylic acids is 3. The lowest BCUT2D eigenvalue weighted by Crippen LogP contribution is -2.38. The van der Waals surface area contributed by atoms with Gasteiger partial charge in [-0.05, 0) is 75.2 Å². The molecule has 1 saturated heterocycles. The molecule has 1 atom stereocenters. The van der Waals surface area contributed by atoms with Crippen molar-refractivity contribution in [1.29, 1.82) is 0 Å². The zero-order chi connectivity index (χ0) is 28.9. The second kappa shape index (κ2) is 12.7. The minimum atomic E-state index is -4.49. The maximum absolute atomic E-state index is 13.2.